The van der Waals surface area contributed by atoms with E-state index in [1.54, 1.807) is 0 Å². The number of likely N-dealkylation sites (tertiary alicyclic amines) is 1. The summed E-state index contributed by atoms with van der Waals surface area (Å²) in [5, 5.41) is 3.98. The lowest BCUT2D eigenvalue weighted by molar-refractivity contribution is 0.195. The molecule has 1 atom stereocenters. The molecular formula is C14H22Cl2N2O. The van der Waals surface area contributed by atoms with Crippen LogP contribution in [0.15, 0.2) is 24.3 Å². The number of hydrogen-bond acceptors (Lipinski definition) is 3. The molecule has 1 saturated heterocycles. The molecule has 1 fully saturated rings. The van der Waals surface area contributed by atoms with Crippen molar-refractivity contribution in [2.45, 2.75) is 18.9 Å². The van der Waals surface area contributed by atoms with Crippen LogP contribution < -0.4 is 10.1 Å². The SMILES string of the molecule is CNCC1CCCN1CCOc1cccc(Cl)c1.Cl. The Morgan fingerprint density at radius 3 is 3.05 bits per heavy atom. The third-order valence-electron chi connectivity index (χ3n) is 3.38. The van der Waals surface area contributed by atoms with Crippen LogP contribution in [0.25, 0.3) is 0 Å². The molecule has 1 aliphatic heterocycles. The molecule has 2 rings (SSSR count). The van der Waals surface area contributed by atoms with Crippen LogP contribution in [0.4, 0.5) is 0 Å². The van der Waals surface area contributed by atoms with E-state index in [0.717, 1.165) is 30.5 Å². The molecule has 0 amide bonds. The van der Waals surface area contributed by atoms with Crippen molar-refractivity contribution in [3.8, 4) is 5.75 Å². The molecule has 1 aromatic carbocycles. The highest BCUT2D eigenvalue weighted by Crippen LogP contribution is 2.18. The molecule has 5 heteroatoms. The second-order valence-corrected chi connectivity index (χ2v) is 5.13. The molecule has 0 saturated carbocycles. The number of likely N-dealkylation sites (N-methyl/N-ethyl adjacent to an activating group) is 1. The lowest BCUT2D eigenvalue weighted by Gasteiger charge is -2.24. The van der Waals surface area contributed by atoms with E-state index in [1.165, 1.54) is 19.4 Å². The van der Waals surface area contributed by atoms with Crippen LogP contribution in [0.3, 0.4) is 0 Å². The van der Waals surface area contributed by atoms with Crippen LogP contribution in [0.2, 0.25) is 5.02 Å². The quantitative estimate of drug-likeness (QED) is 0.874. The molecule has 0 radical (unpaired) electrons. The second kappa shape index (κ2) is 8.64. The van der Waals surface area contributed by atoms with Crippen LogP contribution in [-0.2, 0) is 0 Å². The van der Waals surface area contributed by atoms with Crippen molar-refractivity contribution >= 4 is 24.0 Å². The Hall–Kier alpha value is -0.480. The topological polar surface area (TPSA) is 24.5 Å². The summed E-state index contributed by atoms with van der Waals surface area (Å²) in [6, 6.07) is 8.24. The van der Waals surface area contributed by atoms with Crippen LogP contribution in [0, 0.1) is 0 Å². The number of nitrogens with one attached hydrogen (secondary N) is 1. The number of ether oxygens (including phenoxy) is 1. The summed E-state index contributed by atoms with van der Waals surface area (Å²) in [7, 11) is 2.01. The molecule has 1 heterocycles. The van der Waals surface area contributed by atoms with Crippen molar-refractivity contribution in [1.82, 2.24) is 10.2 Å². The van der Waals surface area contributed by atoms with E-state index in [4.69, 9.17) is 16.3 Å². The van der Waals surface area contributed by atoms with Crippen molar-refractivity contribution in [3.05, 3.63) is 29.3 Å². The summed E-state index contributed by atoms with van der Waals surface area (Å²) >= 11 is 5.92. The van der Waals surface area contributed by atoms with Crippen molar-refractivity contribution in [1.29, 1.82) is 0 Å². The van der Waals surface area contributed by atoms with Gasteiger partial charge in [-0.05, 0) is 44.6 Å². The summed E-state index contributed by atoms with van der Waals surface area (Å²) in [4.78, 5) is 2.50. The molecule has 0 aliphatic carbocycles. The molecule has 1 aromatic rings. The van der Waals surface area contributed by atoms with E-state index < -0.39 is 0 Å². The number of rotatable bonds is 6. The lowest BCUT2D eigenvalue weighted by atomic mass is 10.2. The van der Waals surface area contributed by atoms with E-state index in [2.05, 4.69) is 10.2 Å². The Labute approximate surface area is 126 Å². The molecule has 0 bridgehead atoms. The van der Waals surface area contributed by atoms with E-state index in [-0.39, 0.29) is 12.4 Å². The number of benzene rings is 1. The molecule has 108 valence electrons. The van der Waals surface area contributed by atoms with Crippen molar-refractivity contribution in [3.63, 3.8) is 0 Å². The van der Waals surface area contributed by atoms with Gasteiger partial charge in [0.15, 0.2) is 0 Å². The zero-order valence-corrected chi connectivity index (χ0v) is 12.8. The third-order valence-corrected chi connectivity index (χ3v) is 3.62. The molecule has 0 aromatic heterocycles. The summed E-state index contributed by atoms with van der Waals surface area (Å²) in [5.74, 6) is 0.854. The minimum atomic E-state index is 0. The molecular weight excluding hydrogens is 283 g/mol. The van der Waals surface area contributed by atoms with Crippen LogP contribution >= 0.6 is 24.0 Å². The Morgan fingerprint density at radius 1 is 1.47 bits per heavy atom. The number of halogens is 2. The molecule has 1 unspecified atom stereocenters. The largest absolute Gasteiger partial charge is 0.492 e. The zero-order chi connectivity index (χ0) is 12.8. The summed E-state index contributed by atoms with van der Waals surface area (Å²) in [6.45, 7) is 3.96. The second-order valence-electron chi connectivity index (χ2n) is 4.70. The van der Waals surface area contributed by atoms with Crippen molar-refractivity contribution in [2.75, 3.05) is 33.3 Å². The predicted octanol–water partition coefficient (Wildman–Crippen LogP) is 2.82. The highest BCUT2D eigenvalue weighted by atomic mass is 35.5. The van der Waals surface area contributed by atoms with Gasteiger partial charge in [-0.15, -0.1) is 12.4 Å². The van der Waals surface area contributed by atoms with Crippen molar-refractivity contribution < 1.29 is 4.74 Å². The van der Waals surface area contributed by atoms with E-state index >= 15 is 0 Å². The van der Waals surface area contributed by atoms with Gasteiger partial charge >= 0.3 is 0 Å². The normalized spacial score (nSPS) is 19.2. The monoisotopic (exact) mass is 304 g/mol. The van der Waals surface area contributed by atoms with Gasteiger partial charge in [-0.2, -0.15) is 0 Å². The number of nitrogens with zero attached hydrogens (tertiary/aromatic N) is 1. The molecule has 3 nitrogen and oxygen atoms in total. The summed E-state index contributed by atoms with van der Waals surface area (Å²) in [5.41, 5.74) is 0. The maximum Gasteiger partial charge on any atom is 0.120 e. The first kappa shape index (κ1) is 16.6. The first-order valence-electron chi connectivity index (χ1n) is 6.56. The fourth-order valence-corrected chi connectivity index (χ4v) is 2.67. The summed E-state index contributed by atoms with van der Waals surface area (Å²) in [6.07, 6.45) is 2.58. The highest BCUT2D eigenvalue weighted by molar-refractivity contribution is 6.30. The smallest absolute Gasteiger partial charge is 0.120 e. The van der Waals surface area contributed by atoms with Gasteiger partial charge in [0, 0.05) is 24.2 Å². The third kappa shape index (κ3) is 5.19. The van der Waals surface area contributed by atoms with Gasteiger partial charge in [-0.3, -0.25) is 4.90 Å². The van der Waals surface area contributed by atoms with Gasteiger partial charge < -0.3 is 10.1 Å². The Kier molecular flexibility index (Phi) is 7.54. The molecule has 0 spiro atoms. The van der Waals surface area contributed by atoms with E-state index in [0.29, 0.717) is 6.04 Å². The molecule has 1 aliphatic rings. The van der Waals surface area contributed by atoms with E-state index in [9.17, 15) is 0 Å². The Morgan fingerprint density at radius 2 is 2.32 bits per heavy atom. The first-order chi connectivity index (χ1) is 8.79. The van der Waals surface area contributed by atoms with Crippen LogP contribution in [0.5, 0.6) is 5.75 Å². The van der Waals surface area contributed by atoms with Gasteiger partial charge in [-0.1, -0.05) is 17.7 Å². The van der Waals surface area contributed by atoms with Gasteiger partial charge in [0.1, 0.15) is 12.4 Å². The van der Waals surface area contributed by atoms with Gasteiger partial charge in [0.05, 0.1) is 0 Å². The van der Waals surface area contributed by atoms with Gasteiger partial charge in [0.25, 0.3) is 0 Å². The van der Waals surface area contributed by atoms with Crippen LogP contribution in [-0.4, -0.2) is 44.2 Å². The predicted molar refractivity (Wildman–Crippen MR) is 82.7 cm³/mol. The van der Waals surface area contributed by atoms with E-state index in [1.807, 2.05) is 31.3 Å². The fraction of sp³-hybridized carbons (Fsp3) is 0.571. The zero-order valence-electron chi connectivity index (χ0n) is 11.3. The lowest BCUT2D eigenvalue weighted by Crippen LogP contribution is -2.38. The summed E-state index contributed by atoms with van der Waals surface area (Å²) < 4.78 is 5.73. The minimum absolute atomic E-state index is 0. The maximum absolute atomic E-state index is 5.92. The molecule has 19 heavy (non-hydrogen) atoms. The Bertz CT molecular complexity index is 376. The van der Waals surface area contributed by atoms with Gasteiger partial charge in [0.2, 0.25) is 0 Å². The fourth-order valence-electron chi connectivity index (χ4n) is 2.49. The minimum Gasteiger partial charge on any atom is -0.492 e. The number of hydrogen-bond donors (Lipinski definition) is 1. The Balaban J connectivity index is 0.00000180. The highest BCUT2D eigenvalue weighted by Gasteiger charge is 2.23. The average Bonchev–Trinajstić information content (AvgIpc) is 2.78. The maximum atomic E-state index is 5.92. The van der Waals surface area contributed by atoms with Crippen LogP contribution in [0.1, 0.15) is 12.8 Å². The standard InChI is InChI=1S/C14H21ClN2O.ClH/c1-16-11-13-5-3-7-17(13)8-9-18-14-6-2-4-12(15)10-14;/h2,4,6,10,13,16H,3,5,7-9,11H2,1H3;1H. The van der Waals surface area contributed by atoms with Crippen molar-refractivity contribution in [2.24, 2.45) is 0 Å². The average molecular weight is 305 g/mol. The molecule has 1 N–H and O–H groups in total. The van der Waals surface area contributed by atoms with Gasteiger partial charge in [-0.25, -0.2) is 0 Å². The first-order valence-corrected chi connectivity index (χ1v) is 6.94.